The summed E-state index contributed by atoms with van der Waals surface area (Å²) in [7, 11) is 1.54. The van der Waals surface area contributed by atoms with E-state index in [4.69, 9.17) is 9.15 Å². The maximum atomic E-state index is 12.7. The molecular weight excluding hydrogens is 364 g/mol. The SMILES string of the molecule is CCOC(=O)C(=O)Nc1c(C(=O)Nc2ccc(OC)cc2)oc2ccccc12. The maximum Gasteiger partial charge on any atom is 0.397 e. The van der Waals surface area contributed by atoms with Crippen molar-refractivity contribution in [2.45, 2.75) is 6.92 Å². The Morgan fingerprint density at radius 1 is 1.00 bits per heavy atom. The number of para-hydroxylation sites is 1. The molecule has 28 heavy (non-hydrogen) atoms. The Morgan fingerprint density at radius 3 is 2.39 bits per heavy atom. The Hall–Kier alpha value is -3.81. The number of ether oxygens (including phenoxy) is 2. The first kappa shape index (κ1) is 19.0. The minimum absolute atomic E-state index is 0.0587. The molecule has 2 amide bonds. The molecule has 0 aliphatic carbocycles. The van der Waals surface area contributed by atoms with Crippen LogP contribution < -0.4 is 15.4 Å². The van der Waals surface area contributed by atoms with Gasteiger partial charge in [0.15, 0.2) is 0 Å². The fraction of sp³-hybridized carbons (Fsp3) is 0.150. The highest BCUT2D eigenvalue weighted by molar-refractivity contribution is 6.38. The third kappa shape index (κ3) is 3.96. The summed E-state index contributed by atoms with van der Waals surface area (Å²) in [6.07, 6.45) is 0. The average Bonchev–Trinajstić information content (AvgIpc) is 3.07. The van der Waals surface area contributed by atoms with Crippen LogP contribution in [0.5, 0.6) is 5.75 Å². The summed E-state index contributed by atoms with van der Waals surface area (Å²) in [4.78, 5) is 36.5. The van der Waals surface area contributed by atoms with E-state index in [2.05, 4.69) is 15.4 Å². The quantitative estimate of drug-likeness (QED) is 0.518. The van der Waals surface area contributed by atoms with Gasteiger partial charge in [-0.15, -0.1) is 0 Å². The van der Waals surface area contributed by atoms with Gasteiger partial charge in [-0.1, -0.05) is 12.1 Å². The Labute approximate surface area is 160 Å². The van der Waals surface area contributed by atoms with Gasteiger partial charge in [-0.2, -0.15) is 0 Å². The van der Waals surface area contributed by atoms with Crippen LogP contribution in [0.25, 0.3) is 11.0 Å². The molecule has 3 aromatic rings. The fourth-order valence-electron chi connectivity index (χ4n) is 2.55. The van der Waals surface area contributed by atoms with Crippen molar-refractivity contribution in [2.24, 2.45) is 0 Å². The van der Waals surface area contributed by atoms with E-state index < -0.39 is 17.8 Å². The number of anilines is 2. The number of carbonyl (C=O) groups is 3. The number of benzene rings is 2. The summed E-state index contributed by atoms with van der Waals surface area (Å²) >= 11 is 0. The van der Waals surface area contributed by atoms with Crippen molar-refractivity contribution in [1.29, 1.82) is 0 Å². The van der Waals surface area contributed by atoms with Crippen LogP contribution >= 0.6 is 0 Å². The van der Waals surface area contributed by atoms with Crippen LogP contribution in [0.4, 0.5) is 11.4 Å². The highest BCUT2D eigenvalue weighted by atomic mass is 16.5. The lowest BCUT2D eigenvalue weighted by molar-refractivity contribution is -0.152. The van der Waals surface area contributed by atoms with Gasteiger partial charge in [0.05, 0.1) is 13.7 Å². The summed E-state index contributed by atoms with van der Waals surface area (Å²) in [6, 6.07) is 13.5. The third-order valence-corrected chi connectivity index (χ3v) is 3.85. The summed E-state index contributed by atoms with van der Waals surface area (Å²) in [5, 5.41) is 5.58. The number of amides is 2. The number of rotatable bonds is 5. The van der Waals surface area contributed by atoms with Crippen LogP contribution in [0.15, 0.2) is 52.9 Å². The van der Waals surface area contributed by atoms with E-state index in [0.717, 1.165) is 0 Å². The van der Waals surface area contributed by atoms with Gasteiger partial charge in [0.25, 0.3) is 5.91 Å². The van der Waals surface area contributed by atoms with Crippen molar-refractivity contribution in [1.82, 2.24) is 0 Å². The Balaban J connectivity index is 1.91. The zero-order chi connectivity index (χ0) is 20.1. The molecule has 1 heterocycles. The molecule has 0 unspecified atom stereocenters. The molecule has 0 saturated carbocycles. The summed E-state index contributed by atoms with van der Waals surface area (Å²) in [6.45, 7) is 1.65. The Kier molecular flexibility index (Phi) is 5.59. The van der Waals surface area contributed by atoms with Crippen LogP contribution in [-0.2, 0) is 14.3 Å². The van der Waals surface area contributed by atoms with E-state index in [0.29, 0.717) is 22.4 Å². The molecule has 0 saturated heterocycles. The lowest BCUT2D eigenvalue weighted by atomic mass is 10.2. The molecule has 0 aliphatic heterocycles. The van der Waals surface area contributed by atoms with E-state index >= 15 is 0 Å². The second-order valence-corrected chi connectivity index (χ2v) is 5.66. The molecule has 0 atom stereocenters. The van der Waals surface area contributed by atoms with Gasteiger partial charge in [0, 0.05) is 11.1 Å². The first-order valence-corrected chi connectivity index (χ1v) is 8.48. The van der Waals surface area contributed by atoms with Gasteiger partial charge < -0.3 is 24.5 Å². The monoisotopic (exact) mass is 382 g/mol. The van der Waals surface area contributed by atoms with Crippen molar-refractivity contribution < 1.29 is 28.3 Å². The van der Waals surface area contributed by atoms with Gasteiger partial charge in [-0.25, -0.2) is 4.79 Å². The lowest BCUT2D eigenvalue weighted by Gasteiger charge is -2.07. The van der Waals surface area contributed by atoms with Crippen LogP contribution in [0.2, 0.25) is 0 Å². The second kappa shape index (κ2) is 8.26. The molecule has 3 rings (SSSR count). The number of hydrogen-bond acceptors (Lipinski definition) is 6. The first-order valence-electron chi connectivity index (χ1n) is 8.48. The molecule has 0 spiro atoms. The molecule has 2 aromatic carbocycles. The molecule has 0 radical (unpaired) electrons. The topological polar surface area (TPSA) is 107 Å². The predicted molar refractivity (Wildman–Crippen MR) is 102 cm³/mol. The average molecular weight is 382 g/mol. The summed E-state index contributed by atoms with van der Waals surface area (Å²) in [5.74, 6) is -2.11. The van der Waals surface area contributed by atoms with Crippen molar-refractivity contribution >= 4 is 40.1 Å². The van der Waals surface area contributed by atoms with E-state index in [1.54, 1.807) is 62.6 Å². The van der Waals surface area contributed by atoms with Gasteiger partial charge in [0.1, 0.15) is 17.0 Å². The summed E-state index contributed by atoms with van der Waals surface area (Å²) < 4.78 is 15.4. The molecule has 0 aliphatic rings. The van der Waals surface area contributed by atoms with Crippen molar-refractivity contribution in [2.75, 3.05) is 24.4 Å². The molecule has 8 nitrogen and oxygen atoms in total. The Morgan fingerprint density at radius 2 is 1.71 bits per heavy atom. The van der Waals surface area contributed by atoms with Crippen LogP contribution in [0, 0.1) is 0 Å². The van der Waals surface area contributed by atoms with Gasteiger partial charge >= 0.3 is 11.9 Å². The number of esters is 1. The number of carbonyl (C=O) groups excluding carboxylic acids is 3. The molecule has 1 aromatic heterocycles. The number of methoxy groups -OCH3 is 1. The normalized spacial score (nSPS) is 10.4. The lowest BCUT2D eigenvalue weighted by Crippen LogP contribution is -2.26. The minimum Gasteiger partial charge on any atom is -0.497 e. The van der Waals surface area contributed by atoms with E-state index in [1.165, 1.54) is 0 Å². The van der Waals surface area contributed by atoms with E-state index in [-0.39, 0.29) is 18.1 Å². The van der Waals surface area contributed by atoms with E-state index in [1.807, 2.05) is 0 Å². The van der Waals surface area contributed by atoms with Crippen molar-refractivity contribution in [3.8, 4) is 5.75 Å². The highest BCUT2D eigenvalue weighted by Crippen LogP contribution is 2.31. The smallest absolute Gasteiger partial charge is 0.397 e. The Bertz CT molecular complexity index is 1020. The molecular formula is C20H18N2O6. The maximum absolute atomic E-state index is 12.7. The van der Waals surface area contributed by atoms with Crippen LogP contribution in [-0.4, -0.2) is 31.5 Å². The molecule has 2 N–H and O–H groups in total. The zero-order valence-corrected chi connectivity index (χ0v) is 15.3. The fourth-order valence-corrected chi connectivity index (χ4v) is 2.55. The first-order chi connectivity index (χ1) is 13.5. The number of furan rings is 1. The molecule has 0 fully saturated rings. The minimum atomic E-state index is -1.05. The van der Waals surface area contributed by atoms with E-state index in [9.17, 15) is 14.4 Å². The number of nitrogens with one attached hydrogen (secondary N) is 2. The van der Waals surface area contributed by atoms with Crippen LogP contribution in [0.1, 0.15) is 17.5 Å². The van der Waals surface area contributed by atoms with Gasteiger partial charge in [0.2, 0.25) is 5.76 Å². The van der Waals surface area contributed by atoms with Crippen molar-refractivity contribution in [3.63, 3.8) is 0 Å². The predicted octanol–water partition coefficient (Wildman–Crippen LogP) is 3.20. The zero-order valence-electron chi connectivity index (χ0n) is 15.3. The molecule has 0 bridgehead atoms. The largest absolute Gasteiger partial charge is 0.497 e. The third-order valence-electron chi connectivity index (χ3n) is 3.85. The van der Waals surface area contributed by atoms with Gasteiger partial charge in [-0.05, 0) is 43.3 Å². The molecule has 144 valence electrons. The molecule has 8 heteroatoms. The summed E-state index contributed by atoms with van der Waals surface area (Å²) in [5.41, 5.74) is 0.995. The van der Waals surface area contributed by atoms with Crippen molar-refractivity contribution in [3.05, 3.63) is 54.3 Å². The number of fused-ring (bicyclic) bond motifs is 1. The van der Waals surface area contributed by atoms with Crippen LogP contribution in [0.3, 0.4) is 0 Å². The highest BCUT2D eigenvalue weighted by Gasteiger charge is 2.25. The van der Waals surface area contributed by atoms with Gasteiger partial charge in [-0.3, -0.25) is 9.59 Å². The second-order valence-electron chi connectivity index (χ2n) is 5.66. The standard InChI is InChI=1S/C20H18N2O6/c1-3-27-20(25)19(24)22-16-14-6-4-5-7-15(14)28-17(16)18(23)21-12-8-10-13(26-2)11-9-12/h4-11H,3H2,1-2H3,(H,21,23)(H,22,24). The number of hydrogen-bond donors (Lipinski definition) is 2.